The lowest BCUT2D eigenvalue weighted by Gasteiger charge is -2.22. The molecule has 2 aliphatic rings. The lowest BCUT2D eigenvalue weighted by molar-refractivity contribution is -0.122. The second-order valence-corrected chi connectivity index (χ2v) is 8.82. The molecule has 0 unspecified atom stereocenters. The van der Waals surface area contributed by atoms with Gasteiger partial charge in [0, 0.05) is 12.2 Å². The van der Waals surface area contributed by atoms with Crippen LogP contribution < -0.4 is 4.90 Å². The number of hydrogen-bond acceptors (Lipinski definition) is 1. The maximum absolute atomic E-state index is 12.6. The summed E-state index contributed by atoms with van der Waals surface area (Å²) in [5, 5.41) is 0. The van der Waals surface area contributed by atoms with E-state index in [4.69, 9.17) is 0 Å². The van der Waals surface area contributed by atoms with Gasteiger partial charge in [0.1, 0.15) is 0 Å². The van der Waals surface area contributed by atoms with Crippen molar-refractivity contribution in [2.45, 2.75) is 23.0 Å². The van der Waals surface area contributed by atoms with Gasteiger partial charge in [-0.15, -0.1) is 0 Å². The molecule has 1 aromatic rings. The van der Waals surface area contributed by atoms with Crippen molar-refractivity contribution >= 4 is 43.5 Å². The van der Waals surface area contributed by atoms with Crippen molar-refractivity contribution < 1.29 is 4.79 Å². The molecule has 1 heterocycles. The Morgan fingerprint density at radius 2 is 2.00 bits per heavy atom. The number of carbonyl (C=O) groups is 1. The van der Waals surface area contributed by atoms with E-state index in [0.29, 0.717) is 0 Å². The van der Waals surface area contributed by atoms with Crippen LogP contribution in [0.3, 0.4) is 0 Å². The van der Waals surface area contributed by atoms with Crippen molar-refractivity contribution in [3.8, 4) is 0 Å². The summed E-state index contributed by atoms with van der Waals surface area (Å²) in [5.41, 5.74) is 2.05. The minimum Gasteiger partial charge on any atom is -0.311 e. The number of fused-ring (bicyclic) bond motifs is 1. The van der Waals surface area contributed by atoms with Crippen LogP contribution in [0.1, 0.15) is 18.9 Å². The Hall–Kier alpha value is -0.350. The van der Waals surface area contributed by atoms with E-state index >= 15 is 0 Å². The number of carbonyl (C=O) groups excluding carboxylic acids is 1. The summed E-state index contributed by atoms with van der Waals surface area (Å²) in [5.74, 6) is 0.219. The third kappa shape index (κ3) is 1.60. The van der Waals surface area contributed by atoms with Crippen LogP contribution in [-0.2, 0) is 11.2 Å². The Balaban J connectivity index is 1.91. The fraction of sp³-hybridized carbons (Fsp3) is 0.462. The minimum absolute atomic E-state index is 0.207. The molecular formula is C13H13Br2NO. The van der Waals surface area contributed by atoms with Crippen LogP contribution >= 0.6 is 31.9 Å². The predicted molar refractivity (Wildman–Crippen MR) is 75.8 cm³/mol. The summed E-state index contributed by atoms with van der Waals surface area (Å²) < 4.78 is -0.207. The van der Waals surface area contributed by atoms with Crippen LogP contribution in [0.15, 0.2) is 24.3 Å². The number of halogens is 2. The van der Waals surface area contributed by atoms with Crippen LogP contribution in [0.5, 0.6) is 0 Å². The van der Waals surface area contributed by atoms with E-state index in [0.717, 1.165) is 25.1 Å². The van der Waals surface area contributed by atoms with Crippen LogP contribution in [-0.4, -0.2) is 15.7 Å². The zero-order chi connectivity index (χ0) is 12.3. The Morgan fingerprint density at radius 3 is 2.65 bits per heavy atom. The number of alkyl halides is 2. The molecule has 1 aliphatic carbocycles. The molecule has 0 radical (unpaired) electrons. The zero-order valence-electron chi connectivity index (χ0n) is 9.54. The third-order valence-corrected chi connectivity index (χ3v) is 6.17. The van der Waals surface area contributed by atoms with Gasteiger partial charge in [-0.05, 0) is 31.4 Å². The van der Waals surface area contributed by atoms with E-state index in [1.54, 1.807) is 0 Å². The molecular weight excluding hydrogens is 346 g/mol. The van der Waals surface area contributed by atoms with Crippen molar-refractivity contribution in [1.29, 1.82) is 0 Å². The standard InChI is InChI=1S/C13H13Br2NO/c1-12(8-13(12,14)15)11(17)16-7-6-9-4-2-3-5-10(9)16/h2-5H,6-8H2,1H3/t12-/m1/s1. The Morgan fingerprint density at radius 1 is 1.35 bits per heavy atom. The average molecular weight is 359 g/mol. The van der Waals surface area contributed by atoms with Gasteiger partial charge >= 0.3 is 0 Å². The molecule has 1 atom stereocenters. The maximum atomic E-state index is 12.6. The summed E-state index contributed by atoms with van der Waals surface area (Å²) >= 11 is 7.13. The van der Waals surface area contributed by atoms with Gasteiger partial charge in [0.05, 0.1) is 8.65 Å². The van der Waals surface area contributed by atoms with Crippen LogP contribution in [0.4, 0.5) is 5.69 Å². The second-order valence-electron chi connectivity index (χ2n) is 5.05. The number of rotatable bonds is 1. The SMILES string of the molecule is C[C@]1(C(=O)N2CCc3ccccc32)CC1(Br)Br. The van der Waals surface area contributed by atoms with Gasteiger partial charge in [-0.1, -0.05) is 50.1 Å². The Bertz CT molecular complexity index is 500. The molecule has 0 N–H and O–H groups in total. The fourth-order valence-corrected chi connectivity index (χ4v) is 3.94. The van der Waals surface area contributed by atoms with Crippen molar-refractivity contribution in [2.24, 2.45) is 5.41 Å². The summed E-state index contributed by atoms with van der Waals surface area (Å²) in [4.78, 5) is 14.5. The van der Waals surface area contributed by atoms with Crippen LogP contribution in [0.25, 0.3) is 0 Å². The number of para-hydroxylation sites is 1. The highest BCUT2D eigenvalue weighted by Crippen LogP contribution is 2.67. The van der Waals surface area contributed by atoms with Crippen molar-refractivity contribution in [3.05, 3.63) is 29.8 Å². The number of hydrogen-bond donors (Lipinski definition) is 0. The Labute approximate surface area is 118 Å². The minimum atomic E-state index is -0.315. The molecule has 1 aliphatic heterocycles. The summed E-state index contributed by atoms with van der Waals surface area (Å²) in [6.45, 7) is 2.82. The zero-order valence-corrected chi connectivity index (χ0v) is 12.7. The Kier molecular flexibility index (Phi) is 2.47. The van der Waals surface area contributed by atoms with E-state index < -0.39 is 0 Å². The average Bonchev–Trinajstić information content (AvgIpc) is 2.67. The monoisotopic (exact) mass is 357 g/mol. The van der Waals surface area contributed by atoms with E-state index in [-0.39, 0.29) is 14.6 Å². The quantitative estimate of drug-likeness (QED) is 0.704. The molecule has 90 valence electrons. The van der Waals surface area contributed by atoms with E-state index in [1.165, 1.54) is 5.56 Å². The molecule has 0 aromatic heterocycles. The summed E-state index contributed by atoms with van der Waals surface area (Å²) in [6, 6.07) is 8.17. The molecule has 1 saturated carbocycles. The molecule has 2 nitrogen and oxygen atoms in total. The normalized spacial score (nSPS) is 29.0. The lowest BCUT2D eigenvalue weighted by atomic mass is 10.1. The largest absolute Gasteiger partial charge is 0.311 e. The van der Waals surface area contributed by atoms with Gasteiger partial charge in [-0.3, -0.25) is 4.79 Å². The van der Waals surface area contributed by atoms with Gasteiger partial charge in [0.2, 0.25) is 5.91 Å². The molecule has 1 fully saturated rings. The maximum Gasteiger partial charge on any atom is 0.235 e. The second kappa shape index (κ2) is 3.58. The highest BCUT2D eigenvalue weighted by Gasteiger charge is 2.67. The predicted octanol–water partition coefficient (Wildman–Crippen LogP) is 3.47. The van der Waals surface area contributed by atoms with Gasteiger partial charge in [-0.25, -0.2) is 0 Å². The van der Waals surface area contributed by atoms with E-state index in [1.807, 2.05) is 30.0 Å². The molecule has 0 saturated heterocycles. The van der Waals surface area contributed by atoms with Crippen LogP contribution in [0.2, 0.25) is 0 Å². The number of benzene rings is 1. The highest BCUT2D eigenvalue weighted by molar-refractivity contribution is 9.25. The van der Waals surface area contributed by atoms with Crippen LogP contribution in [0, 0.1) is 5.41 Å². The first-order chi connectivity index (χ1) is 7.96. The number of amides is 1. The van der Waals surface area contributed by atoms with Gasteiger partial charge < -0.3 is 4.90 Å². The van der Waals surface area contributed by atoms with E-state index in [9.17, 15) is 4.79 Å². The third-order valence-electron chi connectivity index (χ3n) is 3.86. The number of anilines is 1. The van der Waals surface area contributed by atoms with Gasteiger partial charge in [0.15, 0.2) is 0 Å². The molecule has 4 heteroatoms. The molecule has 17 heavy (non-hydrogen) atoms. The van der Waals surface area contributed by atoms with E-state index in [2.05, 4.69) is 37.9 Å². The topological polar surface area (TPSA) is 20.3 Å². The smallest absolute Gasteiger partial charge is 0.235 e. The molecule has 1 amide bonds. The van der Waals surface area contributed by atoms with Crippen molar-refractivity contribution in [3.63, 3.8) is 0 Å². The van der Waals surface area contributed by atoms with Crippen molar-refractivity contribution in [1.82, 2.24) is 0 Å². The first-order valence-corrected chi connectivity index (χ1v) is 7.32. The molecule has 0 bridgehead atoms. The summed E-state index contributed by atoms with van der Waals surface area (Å²) in [6.07, 6.45) is 1.81. The highest BCUT2D eigenvalue weighted by atomic mass is 79.9. The molecule has 3 rings (SSSR count). The number of nitrogens with zero attached hydrogens (tertiary/aromatic N) is 1. The molecule has 1 aromatic carbocycles. The first-order valence-electron chi connectivity index (χ1n) is 5.73. The van der Waals surface area contributed by atoms with Gasteiger partial charge in [-0.2, -0.15) is 0 Å². The lowest BCUT2D eigenvalue weighted by Crippen LogP contribution is -2.36. The fourth-order valence-electron chi connectivity index (χ4n) is 2.48. The van der Waals surface area contributed by atoms with Crippen molar-refractivity contribution in [2.75, 3.05) is 11.4 Å². The van der Waals surface area contributed by atoms with Gasteiger partial charge in [0.25, 0.3) is 0 Å². The first kappa shape index (κ1) is 11.7. The molecule has 0 spiro atoms. The summed E-state index contributed by atoms with van der Waals surface area (Å²) in [7, 11) is 0.